The Morgan fingerprint density at radius 1 is 0.200 bits per heavy atom. The molecule has 0 bridgehead atoms. The third-order valence-electron chi connectivity index (χ3n) is 23.6. The van der Waals surface area contributed by atoms with Gasteiger partial charge in [-0.25, -0.2) is 24.9 Å². The molecule has 0 amide bonds. The van der Waals surface area contributed by atoms with Gasteiger partial charge >= 0.3 is 0 Å². The summed E-state index contributed by atoms with van der Waals surface area (Å²) in [5.74, 6) is 3.29. The van der Waals surface area contributed by atoms with Crippen LogP contribution in [-0.4, -0.2) is 38.6 Å². The molecule has 11 heteroatoms. The van der Waals surface area contributed by atoms with Gasteiger partial charge in [0.1, 0.15) is 28.1 Å². The molecule has 0 fully saturated rings. The lowest BCUT2D eigenvalue weighted by Crippen LogP contribution is -2.02. The van der Waals surface area contributed by atoms with E-state index in [1.54, 1.807) is 11.3 Å². The number of aromatic nitrogens is 8. The summed E-state index contributed by atoms with van der Waals surface area (Å²) in [5, 5.41) is 13.5. The Hall–Kier alpha value is -16.0. The number of benzene rings is 17. The van der Waals surface area contributed by atoms with Crippen molar-refractivity contribution in [3.8, 4) is 107 Å². The van der Waals surface area contributed by atoms with Crippen LogP contribution in [0, 0.1) is 0 Å². The number of fused-ring (bicyclic) bond motifs is 18. The zero-order chi connectivity index (χ0) is 78.9. The fourth-order valence-corrected chi connectivity index (χ4v) is 19.2. The zero-order valence-corrected chi connectivity index (χ0v) is 65.2. The summed E-state index contributed by atoms with van der Waals surface area (Å²) >= 11 is 1.79. The molecular formula is C109H66N8O2S. The molecule has 120 heavy (non-hydrogen) atoms. The monoisotopic (exact) mass is 1550 g/mol. The fraction of sp³-hybridized carbons (Fsp3) is 0. The molecule has 8 heterocycles. The lowest BCUT2D eigenvalue weighted by Gasteiger charge is -2.13. The quantitative estimate of drug-likeness (QED) is 0.127. The van der Waals surface area contributed by atoms with Crippen molar-refractivity contribution in [3.05, 3.63) is 400 Å². The number of thiophene rings is 1. The predicted octanol–water partition coefficient (Wildman–Crippen LogP) is 29.1. The number of hydrogen-bond acceptors (Lipinski definition) is 8. The van der Waals surface area contributed by atoms with E-state index in [9.17, 15) is 0 Å². The Bertz CT molecular complexity index is 8370. The molecule has 0 radical (unpaired) electrons. The molecule has 8 aromatic heterocycles. The van der Waals surface area contributed by atoms with Crippen LogP contribution >= 0.6 is 11.3 Å². The fourth-order valence-electron chi connectivity index (χ4n) is 18.1. The van der Waals surface area contributed by atoms with Crippen LogP contribution in [0.2, 0.25) is 0 Å². The van der Waals surface area contributed by atoms with Gasteiger partial charge in [0, 0.05) is 119 Å². The number of nitrogens with zero attached hydrogens (tertiary/aromatic N) is 8. The topological polar surface area (TPSA) is 106 Å². The maximum Gasteiger partial charge on any atom is 0.164 e. The molecule has 25 aromatic rings. The highest BCUT2D eigenvalue weighted by Crippen LogP contribution is 2.47. The van der Waals surface area contributed by atoms with Crippen LogP contribution in [0.15, 0.2) is 409 Å². The van der Waals surface area contributed by atoms with E-state index in [1.807, 2.05) is 48.5 Å². The van der Waals surface area contributed by atoms with E-state index in [2.05, 4.69) is 366 Å². The molecule has 0 atom stereocenters. The first kappa shape index (κ1) is 68.5. The van der Waals surface area contributed by atoms with Gasteiger partial charge in [0.2, 0.25) is 0 Å². The Labute approximate surface area is 691 Å². The van der Waals surface area contributed by atoms with E-state index in [0.29, 0.717) is 23.3 Å². The van der Waals surface area contributed by atoms with Gasteiger partial charge in [0.05, 0.1) is 38.8 Å². The lowest BCUT2D eigenvalue weighted by molar-refractivity contribution is 0.669. The molecule has 25 rings (SSSR count). The number of para-hydroxylation sites is 4. The van der Waals surface area contributed by atoms with E-state index < -0.39 is 0 Å². The van der Waals surface area contributed by atoms with Crippen LogP contribution in [0.1, 0.15) is 0 Å². The third-order valence-corrected chi connectivity index (χ3v) is 24.7. The summed E-state index contributed by atoms with van der Waals surface area (Å²) in [6, 6.07) is 141. The summed E-state index contributed by atoms with van der Waals surface area (Å²) in [6.07, 6.45) is 0. The Morgan fingerprint density at radius 2 is 0.592 bits per heavy atom. The molecule has 0 spiro atoms. The van der Waals surface area contributed by atoms with Crippen LogP contribution in [0.5, 0.6) is 0 Å². The standard InChI is InChI=1S/C58H36N4O.C51H30N4OS/c1-3-16-37(17-4-1)39-20-13-22-41(32-39)58-59-49(36-56(60-58)62-51-29-11-7-24-43(51)44-25-8-12-30-52(44)62)46-27-15-31-54-57(46)48-34-53-47(35-55(48)63-54)45-26-9-10-28-50(45)61(53)42-23-14-21-40(33-42)38-18-5-2-6-19-38;1-3-13-31(14-4-1)33-17-11-18-35(27-33)55-42-22-9-7-19-36(42)40-30-45-41(29-43(40)55)48-39(21-12-23-44(48)56-45)51-53-49(32-15-5-2-6-16-32)52-50(54-51)34-25-26-38-37-20-8-10-24-46(37)57-47(38)28-34/h1-36H;1-30H. The summed E-state index contributed by atoms with van der Waals surface area (Å²) in [4.78, 5) is 26.3. The third kappa shape index (κ3) is 11.4. The van der Waals surface area contributed by atoms with E-state index in [-0.39, 0.29) is 0 Å². The van der Waals surface area contributed by atoms with Crippen molar-refractivity contribution in [3.63, 3.8) is 0 Å². The average Bonchev–Trinajstić information content (AvgIpc) is 1.59. The first-order chi connectivity index (χ1) is 59.5. The lowest BCUT2D eigenvalue weighted by atomic mass is 10.0. The molecule has 0 saturated heterocycles. The number of furan rings is 2. The smallest absolute Gasteiger partial charge is 0.164 e. The second-order valence-electron chi connectivity index (χ2n) is 30.6. The molecule has 0 aliphatic rings. The van der Waals surface area contributed by atoms with Gasteiger partial charge in [-0.2, -0.15) is 0 Å². The Kier molecular flexibility index (Phi) is 15.9. The highest BCUT2D eigenvalue weighted by molar-refractivity contribution is 7.25. The first-order valence-corrected chi connectivity index (χ1v) is 41.1. The average molecular weight is 1550 g/mol. The molecule has 0 N–H and O–H groups in total. The molecule has 0 saturated carbocycles. The van der Waals surface area contributed by atoms with Crippen molar-refractivity contribution < 1.29 is 8.83 Å². The van der Waals surface area contributed by atoms with Crippen LogP contribution in [0.4, 0.5) is 0 Å². The SMILES string of the molecule is c1ccc(-c2cccc(-c3nc(-c4cccc5oc6cc7c8ccccc8n(-c8cccc(-c9ccccc9)c8)c7cc6c45)cc(-n4c5ccccc5c5ccccc54)n3)c2)cc1.c1ccc(-c2cccc(-n3c4ccccc4c4cc5oc6cccc(-c7nc(-c8ccccc8)nc(-c8ccc9c(c8)sc8ccccc89)n7)c6c5cc43)c2)cc1. The van der Waals surface area contributed by atoms with Crippen molar-refractivity contribution in [2.75, 3.05) is 0 Å². The predicted molar refractivity (Wildman–Crippen MR) is 496 cm³/mol. The van der Waals surface area contributed by atoms with Gasteiger partial charge in [-0.3, -0.25) is 4.57 Å². The minimum Gasteiger partial charge on any atom is -0.456 e. The molecule has 0 unspecified atom stereocenters. The van der Waals surface area contributed by atoms with E-state index in [1.165, 1.54) is 64.0 Å². The molecule has 560 valence electrons. The summed E-state index contributed by atoms with van der Waals surface area (Å²) in [5.41, 5.74) is 24.6. The van der Waals surface area contributed by atoms with Crippen molar-refractivity contribution in [1.29, 1.82) is 0 Å². The zero-order valence-electron chi connectivity index (χ0n) is 64.4. The normalized spacial score (nSPS) is 11.8. The van der Waals surface area contributed by atoms with Crippen LogP contribution in [-0.2, 0) is 0 Å². The maximum atomic E-state index is 6.80. The van der Waals surface area contributed by atoms with Crippen molar-refractivity contribution in [2.24, 2.45) is 0 Å². The van der Waals surface area contributed by atoms with E-state index in [0.717, 1.165) is 150 Å². The van der Waals surface area contributed by atoms with Crippen LogP contribution in [0.25, 0.3) is 237 Å². The van der Waals surface area contributed by atoms with Gasteiger partial charge in [0.15, 0.2) is 23.3 Å². The molecular weight excluding hydrogens is 1490 g/mol. The molecule has 17 aromatic carbocycles. The molecule has 0 aliphatic heterocycles. The van der Waals surface area contributed by atoms with Gasteiger partial charge in [0.25, 0.3) is 0 Å². The largest absolute Gasteiger partial charge is 0.456 e. The highest BCUT2D eigenvalue weighted by atomic mass is 32.1. The molecule has 0 aliphatic carbocycles. The first-order valence-electron chi connectivity index (χ1n) is 40.3. The summed E-state index contributed by atoms with van der Waals surface area (Å²) < 4.78 is 23.0. The number of hydrogen-bond donors (Lipinski definition) is 0. The van der Waals surface area contributed by atoms with Crippen LogP contribution in [0.3, 0.4) is 0 Å². The van der Waals surface area contributed by atoms with Gasteiger partial charge < -0.3 is 18.0 Å². The summed E-state index contributed by atoms with van der Waals surface area (Å²) in [7, 11) is 0. The van der Waals surface area contributed by atoms with Crippen molar-refractivity contribution >= 4 is 141 Å². The van der Waals surface area contributed by atoms with Crippen molar-refractivity contribution in [2.45, 2.75) is 0 Å². The van der Waals surface area contributed by atoms with Gasteiger partial charge in [-0.05, 0) is 137 Å². The molecule has 10 nitrogen and oxygen atoms in total. The minimum atomic E-state index is 0.597. The van der Waals surface area contributed by atoms with Gasteiger partial charge in [-0.15, -0.1) is 11.3 Å². The second kappa shape index (κ2) is 27.9. The summed E-state index contributed by atoms with van der Waals surface area (Å²) in [6.45, 7) is 0. The van der Waals surface area contributed by atoms with Gasteiger partial charge in [-0.1, -0.05) is 291 Å². The van der Waals surface area contributed by atoms with Crippen LogP contribution < -0.4 is 0 Å². The second-order valence-corrected chi connectivity index (χ2v) is 31.6. The van der Waals surface area contributed by atoms with E-state index in [4.69, 9.17) is 33.8 Å². The minimum absolute atomic E-state index is 0.597. The Balaban J connectivity index is 0.000000137. The maximum absolute atomic E-state index is 6.80. The number of rotatable bonds is 11. The Morgan fingerprint density at radius 3 is 1.14 bits per heavy atom. The van der Waals surface area contributed by atoms with Crippen molar-refractivity contribution in [1.82, 2.24) is 38.6 Å². The van der Waals surface area contributed by atoms with E-state index >= 15 is 0 Å². The highest BCUT2D eigenvalue weighted by Gasteiger charge is 2.26.